The van der Waals surface area contributed by atoms with Gasteiger partial charge in [-0.1, -0.05) is 0 Å². The molecule has 0 atom stereocenters. The lowest BCUT2D eigenvalue weighted by molar-refractivity contribution is 0.607. The molecule has 5 N–H and O–H groups in total. The minimum atomic E-state index is -3.40. The van der Waals surface area contributed by atoms with Gasteiger partial charge < -0.3 is 11.5 Å². The van der Waals surface area contributed by atoms with E-state index in [1.54, 1.807) is 0 Å². The summed E-state index contributed by atoms with van der Waals surface area (Å²) in [6, 6.07) is 6.43. The summed E-state index contributed by atoms with van der Waals surface area (Å²) in [5, 5.41) is 12.8. The maximum Gasteiger partial charge on any atom is 0.229 e. The summed E-state index contributed by atoms with van der Waals surface area (Å²) in [4.78, 5) is 0. The number of benzene rings is 1. The van der Waals surface area contributed by atoms with E-state index in [2.05, 4.69) is 9.82 Å². The van der Waals surface area contributed by atoms with E-state index in [0.717, 1.165) is 6.26 Å². The first-order valence-electron chi connectivity index (χ1n) is 5.43. The Balaban J connectivity index is 2.54. The highest BCUT2D eigenvalue weighted by molar-refractivity contribution is 7.92. The van der Waals surface area contributed by atoms with E-state index in [-0.39, 0.29) is 11.4 Å². The summed E-state index contributed by atoms with van der Waals surface area (Å²) in [5.74, 6) is 0.135. The molecule has 20 heavy (non-hydrogen) atoms. The summed E-state index contributed by atoms with van der Waals surface area (Å²) in [5.41, 5.74) is 12.9. The van der Waals surface area contributed by atoms with Crippen molar-refractivity contribution in [3.8, 4) is 11.8 Å². The lowest BCUT2D eigenvalue weighted by atomic mass is 10.2. The third kappa shape index (κ3) is 2.65. The standard InChI is InChI=1S/C11H12N6O2S/c1-20(18,19)16-8-2-3-9(13)10(4-8)17-11(14)7(5-12)6-15-17/h2-4,6,16H,13-14H2,1H3. The quantitative estimate of drug-likeness (QED) is 0.694. The molecule has 0 amide bonds. The molecule has 0 aliphatic heterocycles. The number of nitrogens with one attached hydrogen (secondary N) is 1. The molecule has 0 aliphatic rings. The van der Waals surface area contributed by atoms with Crippen LogP contribution in [0, 0.1) is 11.3 Å². The fraction of sp³-hybridized carbons (Fsp3) is 0.0909. The van der Waals surface area contributed by atoms with Gasteiger partial charge in [0.05, 0.1) is 29.5 Å². The molecular weight excluding hydrogens is 280 g/mol. The van der Waals surface area contributed by atoms with Gasteiger partial charge in [0.15, 0.2) is 0 Å². The average molecular weight is 292 g/mol. The Hall–Kier alpha value is -2.73. The second-order valence-electron chi connectivity index (χ2n) is 4.11. The Morgan fingerprint density at radius 2 is 2.10 bits per heavy atom. The van der Waals surface area contributed by atoms with Gasteiger partial charge in [0.25, 0.3) is 0 Å². The monoisotopic (exact) mass is 292 g/mol. The van der Waals surface area contributed by atoms with Crippen LogP contribution in [0.15, 0.2) is 24.4 Å². The molecule has 104 valence electrons. The van der Waals surface area contributed by atoms with E-state index in [1.165, 1.54) is 29.1 Å². The minimum absolute atomic E-state index is 0.135. The summed E-state index contributed by atoms with van der Waals surface area (Å²) in [6.07, 6.45) is 2.35. The van der Waals surface area contributed by atoms with E-state index < -0.39 is 10.0 Å². The minimum Gasteiger partial charge on any atom is -0.397 e. The van der Waals surface area contributed by atoms with Crippen molar-refractivity contribution in [2.24, 2.45) is 0 Å². The van der Waals surface area contributed by atoms with E-state index in [4.69, 9.17) is 16.7 Å². The molecule has 9 heteroatoms. The first-order chi connectivity index (χ1) is 9.31. The smallest absolute Gasteiger partial charge is 0.229 e. The molecule has 0 fully saturated rings. The summed E-state index contributed by atoms with van der Waals surface area (Å²) in [6.45, 7) is 0. The largest absolute Gasteiger partial charge is 0.397 e. The molecule has 2 rings (SSSR count). The lowest BCUT2D eigenvalue weighted by Gasteiger charge is -2.10. The predicted molar refractivity (Wildman–Crippen MR) is 75.6 cm³/mol. The summed E-state index contributed by atoms with van der Waals surface area (Å²) in [7, 11) is -3.40. The molecule has 0 spiro atoms. The van der Waals surface area contributed by atoms with Gasteiger partial charge in [0.1, 0.15) is 17.5 Å². The van der Waals surface area contributed by atoms with E-state index in [9.17, 15) is 8.42 Å². The molecule has 0 bridgehead atoms. The zero-order valence-corrected chi connectivity index (χ0v) is 11.3. The van der Waals surface area contributed by atoms with Crippen molar-refractivity contribution in [3.63, 3.8) is 0 Å². The van der Waals surface area contributed by atoms with Crippen LogP contribution < -0.4 is 16.2 Å². The third-order valence-electron chi connectivity index (χ3n) is 2.49. The van der Waals surface area contributed by atoms with Crippen molar-refractivity contribution in [1.29, 1.82) is 5.26 Å². The maximum atomic E-state index is 11.2. The van der Waals surface area contributed by atoms with E-state index in [0.29, 0.717) is 17.1 Å². The van der Waals surface area contributed by atoms with Crippen molar-refractivity contribution in [1.82, 2.24) is 9.78 Å². The summed E-state index contributed by atoms with van der Waals surface area (Å²) >= 11 is 0. The van der Waals surface area contributed by atoms with Gasteiger partial charge in [0.2, 0.25) is 10.0 Å². The summed E-state index contributed by atoms with van der Waals surface area (Å²) < 4.78 is 26.0. The topological polar surface area (TPSA) is 140 Å². The SMILES string of the molecule is CS(=O)(=O)Nc1ccc(N)c(-n2ncc(C#N)c2N)c1. The number of nitrogens with two attached hydrogens (primary N) is 2. The Labute approximate surface area is 115 Å². The van der Waals surface area contributed by atoms with Crippen molar-refractivity contribution < 1.29 is 8.42 Å². The Morgan fingerprint density at radius 1 is 1.40 bits per heavy atom. The molecule has 0 saturated heterocycles. The number of nitrogen functional groups attached to an aromatic ring is 2. The molecule has 1 aromatic carbocycles. The fourth-order valence-electron chi connectivity index (χ4n) is 1.64. The van der Waals surface area contributed by atoms with Gasteiger partial charge in [-0.25, -0.2) is 13.1 Å². The van der Waals surface area contributed by atoms with Crippen LogP contribution >= 0.6 is 0 Å². The van der Waals surface area contributed by atoms with E-state index >= 15 is 0 Å². The Morgan fingerprint density at radius 3 is 2.65 bits per heavy atom. The third-order valence-corrected chi connectivity index (χ3v) is 3.10. The molecular formula is C11H12N6O2S. The fourth-order valence-corrected chi connectivity index (χ4v) is 2.20. The van der Waals surface area contributed by atoms with Gasteiger partial charge in [-0.3, -0.25) is 4.72 Å². The van der Waals surface area contributed by atoms with E-state index in [1.807, 2.05) is 6.07 Å². The molecule has 1 heterocycles. The highest BCUT2D eigenvalue weighted by Gasteiger charge is 2.12. The molecule has 0 unspecified atom stereocenters. The van der Waals surface area contributed by atoms with Crippen molar-refractivity contribution in [3.05, 3.63) is 30.0 Å². The number of hydrogen-bond acceptors (Lipinski definition) is 6. The van der Waals surface area contributed by atoms with Gasteiger partial charge in [-0.05, 0) is 18.2 Å². The van der Waals surface area contributed by atoms with Gasteiger partial charge in [-0.15, -0.1) is 0 Å². The Bertz CT molecular complexity index is 803. The first-order valence-corrected chi connectivity index (χ1v) is 7.32. The number of sulfonamides is 1. The zero-order chi connectivity index (χ0) is 14.9. The van der Waals surface area contributed by atoms with Crippen LogP contribution in [0.2, 0.25) is 0 Å². The van der Waals surface area contributed by atoms with Crippen molar-refractivity contribution in [2.45, 2.75) is 0 Å². The number of aromatic nitrogens is 2. The highest BCUT2D eigenvalue weighted by Crippen LogP contribution is 2.25. The second-order valence-corrected chi connectivity index (χ2v) is 5.86. The molecule has 1 aromatic heterocycles. The van der Waals surface area contributed by atoms with Crippen LogP contribution in [0.3, 0.4) is 0 Å². The second kappa shape index (κ2) is 4.75. The molecule has 0 aliphatic carbocycles. The molecule has 0 radical (unpaired) electrons. The Kier molecular flexibility index (Phi) is 3.25. The number of rotatable bonds is 3. The van der Waals surface area contributed by atoms with Crippen LogP contribution in [0.5, 0.6) is 0 Å². The molecule has 8 nitrogen and oxygen atoms in total. The normalized spacial score (nSPS) is 11.0. The van der Waals surface area contributed by atoms with Crippen LogP contribution in [0.25, 0.3) is 5.69 Å². The molecule has 0 saturated carbocycles. The number of anilines is 3. The van der Waals surface area contributed by atoms with Crippen LogP contribution in [0.4, 0.5) is 17.2 Å². The van der Waals surface area contributed by atoms with Crippen molar-refractivity contribution in [2.75, 3.05) is 22.4 Å². The predicted octanol–water partition coefficient (Wildman–Crippen LogP) is 0.280. The zero-order valence-electron chi connectivity index (χ0n) is 10.5. The average Bonchev–Trinajstić information content (AvgIpc) is 2.71. The maximum absolute atomic E-state index is 11.2. The number of nitriles is 1. The number of nitrogens with zero attached hydrogens (tertiary/aromatic N) is 3. The van der Waals surface area contributed by atoms with Crippen molar-refractivity contribution >= 4 is 27.2 Å². The van der Waals surface area contributed by atoms with Gasteiger partial charge >= 0.3 is 0 Å². The van der Waals surface area contributed by atoms with Crippen LogP contribution in [-0.2, 0) is 10.0 Å². The van der Waals surface area contributed by atoms with Crippen LogP contribution in [-0.4, -0.2) is 24.5 Å². The highest BCUT2D eigenvalue weighted by atomic mass is 32.2. The van der Waals surface area contributed by atoms with Crippen LogP contribution in [0.1, 0.15) is 5.56 Å². The number of hydrogen-bond donors (Lipinski definition) is 3. The van der Waals surface area contributed by atoms with Gasteiger partial charge in [-0.2, -0.15) is 10.4 Å². The molecule has 2 aromatic rings. The lowest BCUT2D eigenvalue weighted by Crippen LogP contribution is -2.11. The van der Waals surface area contributed by atoms with Gasteiger partial charge in [0, 0.05) is 0 Å². The first kappa shape index (κ1) is 13.7.